The van der Waals surface area contributed by atoms with E-state index in [9.17, 15) is 8.78 Å². The highest BCUT2D eigenvalue weighted by Gasteiger charge is 2.08. The lowest BCUT2D eigenvalue weighted by atomic mass is 10.1. The summed E-state index contributed by atoms with van der Waals surface area (Å²) >= 11 is 5.77. The fraction of sp³-hybridized carbons (Fsp3) is 0.200. The third kappa shape index (κ3) is 5.23. The van der Waals surface area contributed by atoms with Crippen LogP contribution in [0, 0.1) is 0 Å². The summed E-state index contributed by atoms with van der Waals surface area (Å²) in [5, 5.41) is 6.66. The third-order valence-corrected chi connectivity index (χ3v) is 3.83. The normalized spacial score (nSPS) is 12.0. The molecule has 2 rings (SSSR count). The van der Waals surface area contributed by atoms with Gasteiger partial charge in [0.1, 0.15) is 0 Å². The average Bonchev–Trinajstić information content (AvgIpc) is 2.49. The SMILES string of the molecule is C[C@H](NC(=S)Nc1ccc(SC(F)F)cc1)c1ccncc1. The fourth-order valence-electron chi connectivity index (χ4n) is 1.82. The Kier molecular flexibility index (Phi) is 6.09. The van der Waals surface area contributed by atoms with E-state index in [0.29, 0.717) is 21.8 Å². The van der Waals surface area contributed by atoms with Crippen molar-refractivity contribution in [2.45, 2.75) is 23.6 Å². The second kappa shape index (κ2) is 8.05. The molecule has 0 aliphatic rings. The van der Waals surface area contributed by atoms with Gasteiger partial charge in [-0.05, 0) is 61.1 Å². The first kappa shape index (κ1) is 16.6. The maximum Gasteiger partial charge on any atom is 0.288 e. The maximum absolute atomic E-state index is 12.2. The van der Waals surface area contributed by atoms with E-state index in [1.807, 2.05) is 19.1 Å². The monoisotopic (exact) mass is 339 g/mol. The van der Waals surface area contributed by atoms with Gasteiger partial charge in [-0.1, -0.05) is 11.8 Å². The predicted molar refractivity (Wildman–Crippen MR) is 90.3 cm³/mol. The van der Waals surface area contributed by atoms with Crippen LogP contribution in [0.25, 0.3) is 0 Å². The van der Waals surface area contributed by atoms with E-state index in [0.717, 1.165) is 11.3 Å². The quantitative estimate of drug-likeness (QED) is 0.622. The number of benzene rings is 1. The van der Waals surface area contributed by atoms with E-state index in [1.54, 1.807) is 36.7 Å². The molecule has 0 amide bonds. The fourth-order valence-corrected chi connectivity index (χ4v) is 2.61. The van der Waals surface area contributed by atoms with Gasteiger partial charge >= 0.3 is 0 Å². The zero-order valence-electron chi connectivity index (χ0n) is 11.8. The standard InChI is InChI=1S/C15H15F2N3S2/c1-10(11-6-8-18-9-7-11)19-15(21)20-12-2-4-13(5-3-12)22-14(16)17/h2-10,14H,1H3,(H2,19,20,21)/t10-/m0/s1. The number of thiocarbonyl (C=S) groups is 1. The summed E-state index contributed by atoms with van der Waals surface area (Å²) in [4.78, 5) is 4.49. The number of rotatable bonds is 5. The molecule has 1 atom stereocenters. The van der Waals surface area contributed by atoms with Crippen LogP contribution in [0.3, 0.4) is 0 Å². The highest BCUT2D eigenvalue weighted by Crippen LogP contribution is 2.26. The lowest BCUT2D eigenvalue weighted by Crippen LogP contribution is -2.30. The molecule has 0 aliphatic carbocycles. The smallest absolute Gasteiger partial charge is 0.288 e. The molecule has 22 heavy (non-hydrogen) atoms. The molecule has 2 N–H and O–H groups in total. The number of alkyl halides is 2. The molecule has 1 aromatic carbocycles. The molecule has 116 valence electrons. The number of halogens is 2. The first-order valence-corrected chi connectivity index (χ1v) is 7.85. The van der Waals surface area contributed by atoms with E-state index in [-0.39, 0.29) is 6.04 Å². The van der Waals surface area contributed by atoms with E-state index < -0.39 is 5.76 Å². The second-order valence-electron chi connectivity index (χ2n) is 4.50. The van der Waals surface area contributed by atoms with Crippen molar-refractivity contribution in [2.24, 2.45) is 0 Å². The predicted octanol–water partition coefficient (Wildman–Crippen LogP) is 4.44. The van der Waals surface area contributed by atoms with Crippen LogP contribution in [0.1, 0.15) is 18.5 Å². The van der Waals surface area contributed by atoms with Gasteiger partial charge < -0.3 is 10.6 Å². The largest absolute Gasteiger partial charge is 0.356 e. The number of nitrogens with one attached hydrogen (secondary N) is 2. The number of anilines is 1. The molecule has 0 saturated heterocycles. The van der Waals surface area contributed by atoms with E-state index in [4.69, 9.17) is 12.2 Å². The number of thioether (sulfide) groups is 1. The van der Waals surface area contributed by atoms with Gasteiger partial charge in [-0.25, -0.2) is 0 Å². The molecule has 1 heterocycles. The van der Waals surface area contributed by atoms with Crippen LogP contribution >= 0.6 is 24.0 Å². The van der Waals surface area contributed by atoms with Gasteiger partial charge in [-0.3, -0.25) is 4.98 Å². The summed E-state index contributed by atoms with van der Waals surface area (Å²) < 4.78 is 24.5. The van der Waals surface area contributed by atoms with Gasteiger partial charge in [0.05, 0.1) is 6.04 Å². The number of aromatic nitrogens is 1. The molecular weight excluding hydrogens is 324 g/mol. The second-order valence-corrected chi connectivity index (χ2v) is 5.98. The third-order valence-electron chi connectivity index (χ3n) is 2.89. The van der Waals surface area contributed by atoms with E-state index >= 15 is 0 Å². The highest BCUT2D eigenvalue weighted by molar-refractivity contribution is 7.99. The first-order valence-electron chi connectivity index (χ1n) is 6.57. The Morgan fingerprint density at radius 2 is 1.77 bits per heavy atom. The first-order chi connectivity index (χ1) is 10.5. The molecule has 0 aliphatic heterocycles. The lowest BCUT2D eigenvalue weighted by molar-refractivity contribution is 0.252. The molecule has 0 saturated carbocycles. The van der Waals surface area contributed by atoms with Gasteiger partial charge in [0, 0.05) is 23.0 Å². The highest BCUT2D eigenvalue weighted by atomic mass is 32.2. The van der Waals surface area contributed by atoms with Gasteiger partial charge in [-0.2, -0.15) is 8.78 Å². The lowest BCUT2D eigenvalue weighted by Gasteiger charge is -2.17. The van der Waals surface area contributed by atoms with Gasteiger partial charge in [0.2, 0.25) is 0 Å². The van der Waals surface area contributed by atoms with Crippen LogP contribution in [0.4, 0.5) is 14.5 Å². The van der Waals surface area contributed by atoms with Crippen molar-refractivity contribution in [3.05, 3.63) is 54.4 Å². The van der Waals surface area contributed by atoms with Crippen molar-refractivity contribution in [2.75, 3.05) is 5.32 Å². The minimum atomic E-state index is -2.41. The Morgan fingerprint density at radius 1 is 1.14 bits per heavy atom. The van der Waals surface area contributed by atoms with Crippen molar-refractivity contribution in [1.29, 1.82) is 0 Å². The minimum Gasteiger partial charge on any atom is -0.356 e. The summed E-state index contributed by atoms with van der Waals surface area (Å²) in [6.45, 7) is 1.99. The molecule has 7 heteroatoms. The van der Waals surface area contributed by atoms with Gasteiger partial charge in [0.25, 0.3) is 5.76 Å². The van der Waals surface area contributed by atoms with Crippen LogP contribution in [-0.4, -0.2) is 15.9 Å². The molecule has 0 bridgehead atoms. The minimum absolute atomic E-state index is 0.0386. The molecule has 2 aromatic rings. The van der Waals surface area contributed by atoms with E-state index in [1.165, 1.54) is 0 Å². The van der Waals surface area contributed by atoms with Crippen LogP contribution in [0.2, 0.25) is 0 Å². The Labute approximate surface area is 137 Å². The maximum atomic E-state index is 12.2. The Bertz CT molecular complexity index is 606. The summed E-state index contributed by atoms with van der Waals surface area (Å²) in [6, 6.07) is 10.6. The van der Waals surface area contributed by atoms with Crippen molar-refractivity contribution >= 4 is 34.8 Å². The summed E-state index contributed by atoms with van der Waals surface area (Å²) in [7, 11) is 0. The zero-order chi connectivity index (χ0) is 15.9. The number of hydrogen-bond donors (Lipinski definition) is 2. The van der Waals surface area contributed by atoms with Crippen LogP contribution in [-0.2, 0) is 0 Å². The summed E-state index contributed by atoms with van der Waals surface area (Å²) in [5.74, 6) is -2.41. The Morgan fingerprint density at radius 3 is 2.36 bits per heavy atom. The van der Waals surface area contributed by atoms with Crippen molar-refractivity contribution < 1.29 is 8.78 Å². The molecule has 1 aromatic heterocycles. The number of nitrogens with zero attached hydrogens (tertiary/aromatic N) is 1. The molecule has 0 fully saturated rings. The average molecular weight is 339 g/mol. The van der Waals surface area contributed by atoms with Crippen LogP contribution in [0.5, 0.6) is 0 Å². The van der Waals surface area contributed by atoms with Crippen molar-refractivity contribution in [1.82, 2.24) is 10.3 Å². The van der Waals surface area contributed by atoms with E-state index in [2.05, 4.69) is 15.6 Å². The molecule has 0 radical (unpaired) electrons. The van der Waals surface area contributed by atoms with Gasteiger partial charge in [0.15, 0.2) is 5.11 Å². The Hall–Kier alpha value is -1.73. The van der Waals surface area contributed by atoms with Crippen LogP contribution in [0.15, 0.2) is 53.7 Å². The van der Waals surface area contributed by atoms with Gasteiger partial charge in [-0.15, -0.1) is 0 Å². The summed E-state index contributed by atoms with van der Waals surface area (Å²) in [5.41, 5.74) is 1.82. The molecular formula is C15H15F2N3S2. The molecule has 3 nitrogen and oxygen atoms in total. The zero-order valence-corrected chi connectivity index (χ0v) is 13.4. The number of hydrogen-bond acceptors (Lipinski definition) is 3. The molecule has 0 unspecified atom stereocenters. The number of pyridine rings is 1. The van der Waals surface area contributed by atoms with Crippen LogP contribution < -0.4 is 10.6 Å². The topological polar surface area (TPSA) is 37.0 Å². The van der Waals surface area contributed by atoms with Crippen molar-refractivity contribution in [3.63, 3.8) is 0 Å². The molecule has 0 spiro atoms. The van der Waals surface area contributed by atoms with Crippen molar-refractivity contribution in [3.8, 4) is 0 Å². The Balaban J connectivity index is 1.89. The summed E-state index contributed by atoms with van der Waals surface area (Å²) in [6.07, 6.45) is 3.45.